The van der Waals surface area contributed by atoms with E-state index in [0.29, 0.717) is 16.6 Å². The molecule has 1 aliphatic heterocycles. The average Bonchev–Trinajstić information content (AvgIpc) is 2.42. The van der Waals surface area contributed by atoms with E-state index in [-0.39, 0.29) is 5.91 Å². The summed E-state index contributed by atoms with van der Waals surface area (Å²) in [5, 5.41) is 1.37. The van der Waals surface area contributed by atoms with Gasteiger partial charge >= 0.3 is 0 Å². The Balaban J connectivity index is 2.54. The number of fused-ring (bicyclic) bond motifs is 1. The van der Waals surface area contributed by atoms with Gasteiger partial charge < -0.3 is 4.74 Å². The Hall–Kier alpha value is -1.36. The van der Waals surface area contributed by atoms with Gasteiger partial charge in [0.05, 0.1) is 5.01 Å². The molecule has 0 atom stereocenters. The fraction of sp³-hybridized carbons (Fsp3) is 0.250. The van der Waals surface area contributed by atoms with Crippen molar-refractivity contribution in [2.24, 2.45) is 0 Å². The molecule has 2 heterocycles. The van der Waals surface area contributed by atoms with Crippen molar-refractivity contribution < 1.29 is 9.53 Å². The maximum absolute atomic E-state index is 11.6. The lowest BCUT2D eigenvalue weighted by Gasteiger charge is -2.22. The van der Waals surface area contributed by atoms with Gasteiger partial charge in [-0.05, 0) is 13.5 Å². The number of aryl methyl sites for hydroxylation is 1. The molecule has 2 rings (SSSR count). The van der Waals surface area contributed by atoms with Crippen LogP contribution < -0.4 is 4.74 Å². The van der Waals surface area contributed by atoms with Crippen LogP contribution in [0, 0.1) is 6.92 Å². The van der Waals surface area contributed by atoms with E-state index in [2.05, 4.69) is 11.6 Å². The highest BCUT2D eigenvalue weighted by atomic mass is 32.1. The van der Waals surface area contributed by atoms with E-state index in [9.17, 15) is 4.79 Å². The predicted octanol–water partition coefficient (Wildman–Crippen LogP) is 1.39. The molecule has 0 aliphatic carbocycles. The maximum Gasteiger partial charge on any atom is 0.283 e. The smallest absolute Gasteiger partial charge is 0.283 e. The number of nitrogens with zero attached hydrogens (tertiary/aromatic N) is 2. The van der Waals surface area contributed by atoms with Gasteiger partial charge in [0, 0.05) is 7.05 Å². The van der Waals surface area contributed by atoms with E-state index in [1.54, 1.807) is 7.05 Å². The standard InChI is InChI=1S/C8H8N2O2S/c1-4-9-6-7(11)10(3)5(2)12-8(6)13-4/h2H2,1,3H3. The topological polar surface area (TPSA) is 42.4 Å². The van der Waals surface area contributed by atoms with Crippen molar-refractivity contribution in [2.75, 3.05) is 7.05 Å². The summed E-state index contributed by atoms with van der Waals surface area (Å²) in [5.74, 6) is 0.191. The summed E-state index contributed by atoms with van der Waals surface area (Å²) in [4.78, 5) is 17.0. The second-order valence-corrected chi connectivity index (χ2v) is 3.89. The molecule has 1 amide bonds. The zero-order valence-corrected chi connectivity index (χ0v) is 8.14. The van der Waals surface area contributed by atoms with Crippen LogP contribution in [0.3, 0.4) is 0 Å². The molecule has 0 aromatic carbocycles. The van der Waals surface area contributed by atoms with Crippen molar-refractivity contribution >= 4 is 17.2 Å². The van der Waals surface area contributed by atoms with E-state index in [1.807, 2.05) is 6.92 Å². The van der Waals surface area contributed by atoms with Gasteiger partial charge in [-0.15, -0.1) is 0 Å². The first-order valence-electron chi connectivity index (χ1n) is 3.72. The molecule has 1 aromatic heterocycles. The summed E-state index contributed by atoms with van der Waals surface area (Å²) in [6.07, 6.45) is 0. The SMILES string of the molecule is C=C1Oc2sc(C)nc2C(=O)N1C. The van der Waals surface area contributed by atoms with Gasteiger partial charge in [0.25, 0.3) is 5.91 Å². The third-order valence-corrected chi connectivity index (χ3v) is 2.64. The molecule has 0 N–H and O–H groups in total. The number of hydrogen-bond donors (Lipinski definition) is 0. The fourth-order valence-electron chi connectivity index (χ4n) is 1.06. The summed E-state index contributed by atoms with van der Waals surface area (Å²) in [6, 6.07) is 0. The van der Waals surface area contributed by atoms with Crippen LogP contribution in [0.4, 0.5) is 0 Å². The van der Waals surface area contributed by atoms with Crippen molar-refractivity contribution in [3.63, 3.8) is 0 Å². The highest BCUT2D eigenvalue weighted by Crippen LogP contribution is 2.33. The Kier molecular flexibility index (Phi) is 1.63. The first-order valence-corrected chi connectivity index (χ1v) is 4.53. The minimum Gasteiger partial charge on any atom is -0.428 e. The summed E-state index contributed by atoms with van der Waals surface area (Å²) in [7, 11) is 1.61. The van der Waals surface area contributed by atoms with Crippen molar-refractivity contribution in [1.29, 1.82) is 0 Å². The monoisotopic (exact) mass is 196 g/mol. The van der Waals surface area contributed by atoms with Gasteiger partial charge in [-0.25, -0.2) is 4.98 Å². The number of ether oxygens (including phenoxy) is 1. The minimum absolute atomic E-state index is 0.157. The Bertz CT molecular complexity index is 397. The van der Waals surface area contributed by atoms with Crippen LogP contribution >= 0.6 is 11.3 Å². The van der Waals surface area contributed by atoms with Crippen molar-refractivity contribution in [3.8, 4) is 5.06 Å². The normalized spacial score (nSPS) is 15.7. The number of amides is 1. The van der Waals surface area contributed by atoms with Gasteiger partial charge in [0.1, 0.15) is 0 Å². The number of aromatic nitrogens is 1. The molecule has 0 saturated carbocycles. The van der Waals surface area contributed by atoms with E-state index in [4.69, 9.17) is 4.74 Å². The quantitative estimate of drug-likeness (QED) is 0.629. The summed E-state index contributed by atoms with van der Waals surface area (Å²) in [5.41, 5.74) is 0.386. The molecule has 5 heteroatoms. The maximum atomic E-state index is 11.6. The first-order chi connectivity index (χ1) is 6.09. The number of hydrogen-bond acceptors (Lipinski definition) is 4. The highest BCUT2D eigenvalue weighted by Gasteiger charge is 2.29. The second kappa shape index (κ2) is 2.56. The van der Waals surface area contributed by atoms with Gasteiger partial charge in [0.2, 0.25) is 5.06 Å². The zero-order valence-electron chi connectivity index (χ0n) is 7.33. The molecular formula is C8H8N2O2S. The van der Waals surface area contributed by atoms with Crippen molar-refractivity contribution in [3.05, 3.63) is 23.2 Å². The van der Waals surface area contributed by atoms with Crippen LogP contribution in [-0.2, 0) is 0 Å². The molecule has 1 aromatic rings. The molecule has 0 fully saturated rings. The molecule has 0 unspecified atom stereocenters. The summed E-state index contributed by atoms with van der Waals surface area (Å²) >= 11 is 1.36. The van der Waals surface area contributed by atoms with Gasteiger partial charge in [-0.3, -0.25) is 9.69 Å². The van der Waals surface area contributed by atoms with Crippen LogP contribution in [0.2, 0.25) is 0 Å². The van der Waals surface area contributed by atoms with E-state index >= 15 is 0 Å². The molecule has 13 heavy (non-hydrogen) atoms. The first kappa shape index (κ1) is 8.25. The third kappa shape index (κ3) is 1.12. The number of rotatable bonds is 0. The van der Waals surface area contributed by atoms with E-state index in [0.717, 1.165) is 5.01 Å². The second-order valence-electron chi connectivity index (χ2n) is 2.73. The summed E-state index contributed by atoms with van der Waals surface area (Å²) in [6.45, 7) is 5.45. The molecule has 0 radical (unpaired) electrons. The average molecular weight is 196 g/mol. The van der Waals surface area contributed by atoms with Crippen LogP contribution in [0.25, 0.3) is 0 Å². The Morgan fingerprint density at radius 1 is 1.62 bits per heavy atom. The molecule has 68 valence electrons. The molecule has 0 saturated heterocycles. The van der Waals surface area contributed by atoms with Crippen LogP contribution in [0.15, 0.2) is 12.5 Å². The van der Waals surface area contributed by atoms with E-state index in [1.165, 1.54) is 16.2 Å². The van der Waals surface area contributed by atoms with Gasteiger partial charge in [0.15, 0.2) is 11.6 Å². The number of thiazole rings is 1. The Morgan fingerprint density at radius 2 is 2.31 bits per heavy atom. The molecule has 1 aliphatic rings. The Morgan fingerprint density at radius 3 is 3.00 bits per heavy atom. The summed E-state index contributed by atoms with van der Waals surface area (Å²) < 4.78 is 5.30. The van der Waals surface area contributed by atoms with Crippen molar-refractivity contribution in [2.45, 2.75) is 6.92 Å². The zero-order chi connectivity index (χ0) is 9.59. The number of carbonyl (C=O) groups is 1. The fourth-order valence-corrected chi connectivity index (χ4v) is 1.83. The van der Waals surface area contributed by atoms with Crippen LogP contribution in [0.1, 0.15) is 15.5 Å². The number of carbonyl (C=O) groups excluding carboxylic acids is 1. The van der Waals surface area contributed by atoms with Gasteiger partial charge in [-0.2, -0.15) is 0 Å². The van der Waals surface area contributed by atoms with Crippen LogP contribution in [-0.4, -0.2) is 22.8 Å². The lowest BCUT2D eigenvalue weighted by atomic mass is 10.4. The molecule has 4 nitrogen and oxygen atoms in total. The van der Waals surface area contributed by atoms with E-state index < -0.39 is 0 Å². The highest BCUT2D eigenvalue weighted by molar-refractivity contribution is 7.13. The Labute approximate surface area is 79.5 Å². The lowest BCUT2D eigenvalue weighted by molar-refractivity contribution is 0.0741. The lowest BCUT2D eigenvalue weighted by Crippen LogP contribution is -2.32. The molecular weight excluding hydrogens is 188 g/mol. The molecule has 0 bridgehead atoms. The third-order valence-electron chi connectivity index (χ3n) is 1.79. The minimum atomic E-state index is -0.157. The predicted molar refractivity (Wildman–Crippen MR) is 48.7 cm³/mol. The van der Waals surface area contributed by atoms with Gasteiger partial charge in [-0.1, -0.05) is 11.3 Å². The molecule has 0 spiro atoms. The van der Waals surface area contributed by atoms with Crippen LogP contribution in [0.5, 0.6) is 5.06 Å². The largest absolute Gasteiger partial charge is 0.428 e. The van der Waals surface area contributed by atoms with Crippen molar-refractivity contribution in [1.82, 2.24) is 9.88 Å².